The number of aliphatic carboxylic acids is 1. The van der Waals surface area contributed by atoms with Crippen LogP contribution in [0.1, 0.15) is 94.0 Å². The highest BCUT2D eigenvalue weighted by molar-refractivity contribution is 5.80. The molecule has 3 atom stereocenters. The first kappa shape index (κ1) is 36.7. The fraction of sp³-hybridized carbons (Fsp3) is 0.600. The Kier molecular flexibility index (Phi) is 12.2. The number of benzene rings is 1. The highest BCUT2D eigenvalue weighted by atomic mass is 16.4. The first-order valence-electron chi connectivity index (χ1n) is 19.2. The zero-order chi connectivity index (χ0) is 35.9. The molecule has 11 heteroatoms. The molecule has 3 unspecified atom stereocenters. The zero-order valence-electron chi connectivity index (χ0n) is 30.8. The minimum Gasteiger partial charge on any atom is -0.481 e. The van der Waals surface area contributed by atoms with Crippen LogP contribution in [0, 0.1) is 19.8 Å². The number of aryl methyl sites for hydroxylation is 2. The predicted molar refractivity (Wildman–Crippen MR) is 200 cm³/mol. The third-order valence-electron chi connectivity index (χ3n) is 11.1. The van der Waals surface area contributed by atoms with Crippen molar-refractivity contribution in [2.45, 2.75) is 96.9 Å². The van der Waals surface area contributed by atoms with Gasteiger partial charge in [-0.25, -0.2) is 4.68 Å². The number of carboxylic acids is 1. The van der Waals surface area contributed by atoms with Crippen LogP contribution in [-0.4, -0.2) is 101 Å². The second kappa shape index (κ2) is 16.9. The lowest BCUT2D eigenvalue weighted by Crippen LogP contribution is -2.48. The number of ketones is 1. The van der Waals surface area contributed by atoms with Crippen LogP contribution in [0.15, 0.2) is 47.8 Å². The molecule has 0 aliphatic carbocycles. The Labute approximate surface area is 303 Å². The number of aromatic nitrogens is 2. The molecular weight excluding hydrogens is 642 g/mol. The van der Waals surface area contributed by atoms with Crippen LogP contribution in [0.4, 0.5) is 5.69 Å². The molecule has 1 aromatic carbocycles. The van der Waals surface area contributed by atoms with Crippen molar-refractivity contribution in [2.75, 3.05) is 57.3 Å². The monoisotopic (exact) mass is 699 g/mol. The summed E-state index contributed by atoms with van der Waals surface area (Å²) in [5, 5.41) is 22.1. The van der Waals surface area contributed by atoms with Gasteiger partial charge >= 0.3 is 5.97 Å². The Bertz CT molecular complexity index is 1620. The van der Waals surface area contributed by atoms with Gasteiger partial charge in [-0.15, -0.1) is 0 Å². The van der Waals surface area contributed by atoms with E-state index in [-0.39, 0.29) is 24.0 Å². The van der Waals surface area contributed by atoms with E-state index < -0.39 is 5.97 Å². The summed E-state index contributed by atoms with van der Waals surface area (Å²) in [6.45, 7) is 12.2. The quantitative estimate of drug-likeness (QED) is 0.234. The number of anilines is 1. The molecule has 1 amide bonds. The molecule has 0 saturated carbocycles. The largest absolute Gasteiger partial charge is 0.481 e. The third-order valence-corrected chi connectivity index (χ3v) is 11.1. The first-order valence-corrected chi connectivity index (χ1v) is 19.2. The van der Waals surface area contributed by atoms with Crippen molar-refractivity contribution in [3.05, 3.63) is 64.8 Å². The maximum absolute atomic E-state index is 12.9. The van der Waals surface area contributed by atoms with E-state index in [2.05, 4.69) is 56.9 Å². The summed E-state index contributed by atoms with van der Waals surface area (Å²) in [6, 6.07) is 8.87. The molecule has 3 N–H and O–H groups in total. The van der Waals surface area contributed by atoms with Gasteiger partial charge in [-0.1, -0.05) is 19.1 Å². The number of nitrogens with zero attached hydrogens (tertiary/aromatic N) is 5. The summed E-state index contributed by atoms with van der Waals surface area (Å²) in [7, 11) is 0. The summed E-state index contributed by atoms with van der Waals surface area (Å²) < 4.78 is 1.96. The molecule has 4 aliphatic heterocycles. The fourth-order valence-electron chi connectivity index (χ4n) is 8.25. The Morgan fingerprint density at radius 1 is 1.00 bits per heavy atom. The number of carboxylic acid groups (broad SMARTS) is 1. The molecule has 2 saturated heterocycles. The van der Waals surface area contributed by atoms with Gasteiger partial charge in [0.2, 0.25) is 5.91 Å². The van der Waals surface area contributed by atoms with Gasteiger partial charge in [0.05, 0.1) is 17.8 Å². The molecule has 51 heavy (non-hydrogen) atoms. The molecule has 4 aliphatic rings. The maximum Gasteiger partial charge on any atom is 0.304 e. The molecular formula is C40H57N7O4. The number of piperazine rings is 1. The predicted octanol–water partition coefficient (Wildman–Crippen LogP) is 5.07. The van der Waals surface area contributed by atoms with Crippen LogP contribution in [0.5, 0.6) is 0 Å². The van der Waals surface area contributed by atoms with Crippen molar-refractivity contribution >= 4 is 23.3 Å². The number of nitrogens with one attached hydrogen (secondary N) is 2. The minimum atomic E-state index is -0.790. The number of hydrogen-bond donors (Lipinski definition) is 3. The zero-order valence-corrected chi connectivity index (χ0v) is 30.8. The van der Waals surface area contributed by atoms with Gasteiger partial charge in [-0.3, -0.25) is 14.4 Å². The molecule has 276 valence electrons. The van der Waals surface area contributed by atoms with Gasteiger partial charge in [-0.05, 0) is 100 Å². The number of dihydropyridines is 1. The van der Waals surface area contributed by atoms with Gasteiger partial charge in [0.25, 0.3) is 0 Å². The lowest BCUT2D eigenvalue weighted by molar-refractivity contribution is -0.137. The molecule has 0 radical (unpaired) electrons. The van der Waals surface area contributed by atoms with E-state index in [0.29, 0.717) is 70.4 Å². The van der Waals surface area contributed by atoms with Crippen LogP contribution in [0.3, 0.4) is 0 Å². The Morgan fingerprint density at radius 2 is 1.80 bits per heavy atom. The van der Waals surface area contributed by atoms with Crippen molar-refractivity contribution in [3.8, 4) is 5.69 Å². The molecule has 0 spiro atoms. The highest BCUT2D eigenvalue weighted by Gasteiger charge is 2.29. The number of hydrogen-bond acceptors (Lipinski definition) is 8. The number of carbonyl (C=O) groups excluding carboxylic acids is 2. The van der Waals surface area contributed by atoms with E-state index in [4.69, 9.17) is 5.10 Å². The molecule has 5 heterocycles. The van der Waals surface area contributed by atoms with Crippen molar-refractivity contribution in [1.29, 1.82) is 0 Å². The van der Waals surface area contributed by atoms with Crippen molar-refractivity contribution in [2.24, 2.45) is 5.92 Å². The Balaban J connectivity index is 1.12. The van der Waals surface area contributed by atoms with Crippen LogP contribution in [0.25, 0.3) is 5.69 Å². The second-order valence-electron chi connectivity index (χ2n) is 15.1. The number of amides is 1. The lowest BCUT2D eigenvalue weighted by atomic mass is 9.93. The number of Topliss-reactive ketones (excluding diaryl/α,β-unsaturated/α-hetero) is 1. The molecule has 2 fully saturated rings. The van der Waals surface area contributed by atoms with Crippen LogP contribution >= 0.6 is 0 Å². The summed E-state index contributed by atoms with van der Waals surface area (Å²) >= 11 is 0. The topological polar surface area (TPSA) is 123 Å². The average Bonchev–Trinajstić information content (AvgIpc) is 3.74. The van der Waals surface area contributed by atoms with Crippen LogP contribution in [0.2, 0.25) is 0 Å². The third kappa shape index (κ3) is 9.61. The van der Waals surface area contributed by atoms with E-state index in [9.17, 15) is 19.5 Å². The number of carbonyl (C=O) groups is 3. The van der Waals surface area contributed by atoms with Crippen molar-refractivity contribution in [3.63, 3.8) is 0 Å². The molecule has 2 aromatic rings. The van der Waals surface area contributed by atoms with Crippen molar-refractivity contribution < 1.29 is 19.5 Å². The van der Waals surface area contributed by atoms with Crippen LogP contribution < -0.4 is 15.5 Å². The minimum absolute atomic E-state index is 0.0607. The van der Waals surface area contributed by atoms with E-state index in [0.717, 1.165) is 73.6 Å². The van der Waals surface area contributed by atoms with Crippen molar-refractivity contribution in [1.82, 2.24) is 30.2 Å². The second-order valence-corrected chi connectivity index (χ2v) is 15.1. The van der Waals surface area contributed by atoms with E-state index in [1.807, 2.05) is 30.4 Å². The SMILES string of the molecule is CCC(=O)CCCC(=O)N1CCN(c2cc(C(CC(=O)O)CN3CCC(CCC4C=CC5=C(NCCC5)N4)C3)cc(-n3nc(C)cc3C)c2)CC1. The number of likely N-dealkylation sites (tertiary alicyclic amines) is 1. The van der Waals surface area contributed by atoms with E-state index >= 15 is 0 Å². The molecule has 1 aromatic heterocycles. The summed E-state index contributed by atoms with van der Waals surface area (Å²) in [6.07, 6.45) is 12.4. The smallest absolute Gasteiger partial charge is 0.304 e. The summed E-state index contributed by atoms with van der Waals surface area (Å²) in [4.78, 5) is 43.6. The van der Waals surface area contributed by atoms with Gasteiger partial charge in [0.15, 0.2) is 0 Å². The normalized spacial score (nSPS) is 21.3. The molecule has 0 bridgehead atoms. The standard InChI is InChI=1S/C40H57N7O4/c1-4-37(48)8-5-9-38(49)46-19-17-45(18-20-46)35-22-32(23-36(25-35)47-29(3)21-28(2)43-47)33(24-39(50)51)27-44-16-14-30(26-44)10-12-34-13-11-31-7-6-15-41-40(31)42-34/h11,13,21-23,25,30,33-34,41-42H,4-10,12,14-20,24,26-27H2,1-3H3,(H,50,51). The Morgan fingerprint density at radius 3 is 2.55 bits per heavy atom. The maximum atomic E-state index is 12.9. The first-order chi connectivity index (χ1) is 24.6. The van der Waals surface area contributed by atoms with Gasteiger partial charge in [0, 0.05) is 88.4 Å². The number of allylic oxidation sites excluding steroid dienone is 2. The van der Waals surface area contributed by atoms with E-state index in [1.165, 1.54) is 17.8 Å². The van der Waals surface area contributed by atoms with Gasteiger partial charge in [0.1, 0.15) is 11.6 Å². The average molecular weight is 700 g/mol. The number of rotatable bonds is 15. The highest BCUT2D eigenvalue weighted by Crippen LogP contribution is 2.33. The van der Waals surface area contributed by atoms with E-state index in [1.54, 1.807) is 0 Å². The molecule has 6 rings (SSSR count). The fourth-order valence-corrected chi connectivity index (χ4v) is 8.25. The van der Waals surface area contributed by atoms with Gasteiger partial charge < -0.3 is 30.4 Å². The van der Waals surface area contributed by atoms with Crippen LogP contribution in [-0.2, 0) is 14.4 Å². The summed E-state index contributed by atoms with van der Waals surface area (Å²) in [5.41, 5.74) is 6.33. The lowest BCUT2D eigenvalue weighted by Gasteiger charge is -2.37. The summed E-state index contributed by atoms with van der Waals surface area (Å²) in [5.74, 6) is 1.17. The Hall–Kier alpha value is -4.12. The van der Waals surface area contributed by atoms with Gasteiger partial charge in [-0.2, -0.15) is 5.10 Å². The molecule has 11 nitrogen and oxygen atoms in total.